The van der Waals surface area contributed by atoms with Crippen LogP contribution < -0.4 is 16.0 Å². The fourth-order valence-electron chi connectivity index (χ4n) is 3.82. The maximum Gasteiger partial charge on any atom is 0.417 e. The highest BCUT2D eigenvalue weighted by molar-refractivity contribution is 5.78. The molecule has 1 aromatic heterocycles. The first-order chi connectivity index (χ1) is 12.2. The highest BCUT2D eigenvalue weighted by atomic mass is 16.4. The summed E-state index contributed by atoms with van der Waals surface area (Å²) in [6.07, 6.45) is 5.94. The molecule has 0 unspecified atom stereocenters. The molecule has 1 aliphatic heterocycles. The molecule has 2 heterocycles. The molecule has 7 heteroatoms. The SMILES string of the molecule is O=C(NC1CCCCC1)N1CCN(c2ccc3oc(=O)[nH]c3c2)CC1. The van der Waals surface area contributed by atoms with Crippen molar-refractivity contribution in [3.8, 4) is 0 Å². The molecule has 2 aromatic rings. The van der Waals surface area contributed by atoms with Gasteiger partial charge in [0.1, 0.15) is 0 Å². The van der Waals surface area contributed by atoms with Crippen molar-refractivity contribution < 1.29 is 9.21 Å². The number of rotatable bonds is 2. The number of amides is 2. The summed E-state index contributed by atoms with van der Waals surface area (Å²) in [5, 5.41) is 3.19. The molecular weight excluding hydrogens is 320 g/mol. The minimum Gasteiger partial charge on any atom is -0.408 e. The number of aromatic nitrogens is 1. The predicted octanol–water partition coefficient (Wildman–Crippen LogP) is 2.29. The monoisotopic (exact) mass is 344 g/mol. The molecule has 1 saturated heterocycles. The van der Waals surface area contributed by atoms with Gasteiger partial charge in [-0.1, -0.05) is 19.3 Å². The van der Waals surface area contributed by atoms with Gasteiger partial charge in [0.2, 0.25) is 0 Å². The van der Waals surface area contributed by atoms with Gasteiger partial charge >= 0.3 is 11.8 Å². The molecular formula is C18H24N4O3. The van der Waals surface area contributed by atoms with Crippen LogP contribution in [0, 0.1) is 0 Å². The van der Waals surface area contributed by atoms with Gasteiger partial charge in [-0.2, -0.15) is 0 Å². The van der Waals surface area contributed by atoms with Crippen LogP contribution in [0.1, 0.15) is 32.1 Å². The Morgan fingerprint density at radius 3 is 2.64 bits per heavy atom. The minimum atomic E-state index is -0.434. The van der Waals surface area contributed by atoms with E-state index in [1.54, 1.807) is 0 Å². The number of oxazole rings is 1. The predicted molar refractivity (Wildman–Crippen MR) is 96.0 cm³/mol. The van der Waals surface area contributed by atoms with Gasteiger partial charge in [0.15, 0.2) is 5.58 Å². The zero-order valence-corrected chi connectivity index (χ0v) is 14.3. The maximum absolute atomic E-state index is 12.4. The summed E-state index contributed by atoms with van der Waals surface area (Å²) in [6, 6.07) is 6.11. The topological polar surface area (TPSA) is 81.6 Å². The quantitative estimate of drug-likeness (QED) is 0.876. The van der Waals surface area contributed by atoms with E-state index in [2.05, 4.69) is 15.2 Å². The number of carbonyl (C=O) groups excluding carboxylic acids is 1. The van der Waals surface area contributed by atoms with Crippen LogP contribution in [-0.2, 0) is 0 Å². The third-order valence-corrected chi connectivity index (χ3v) is 5.27. The molecule has 1 saturated carbocycles. The Labute approximate surface area is 146 Å². The molecule has 7 nitrogen and oxygen atoms in total. The fourth-order valence-corrected chi connectivity index (χ4v) is 3.82. The van der Waals surface area contributed by atoms with Gasteiger partial charge in [-0.15, -0.1) is 0 Å². The number of H-pyrrole nitrogens is 1. The molecule has 25 heavy (non-hydrogen) atoms. The van der Waals surface area contributed by atoms with Gasteiger partial charge in [0.25, 0.3) is 0 Å². The van der Waals surface area contributed by atoms with Crippen LogP contribution in [0.15, 0.2) is 27.4 Å². The van der Waals surface area contributed by atoms with E-state index in [1.165, 1.54) is 19.3 Å². The summed E-state index contributed by atoms with van der Waals surface area (Å²) in [6.45, 7) is 2.98. The van der Waals surface area contributed by atoms with E-state index < -0.39 is 5.76 Å². The second-order valence-electron chi connectivity index (χ2n) is 6.95. The first-order valence-electron chi connectivity index (χ1n) is 9.12. The van der Waals surface area contributed by atoms with Crippen LogP contribution in [-0.4, -0.2) is 48.1 Å². The van der Waals surface area contributed by atoms with Gasteiger partial charge in [-0.25, -0.2) is 9.59 Å². The third-order valence-electron chi connectivity index (χ3n) is 5.27. The van der Waals surface area contributed by atoms with Gasteiger partial charge in [0.05, 0.1) is 5.52 Å². The van der Waals surface area contributed by atoms with Crippen molar-refractivity contribution in [1.29, 1.82) is 0 Å². The minimum absolute atomic E-state index is 0.0705. The van der Waals surface area contributed by atoms with Crippen molar-refractivity contribution in [2.75, 3.05) is 31.1 Å². The van der Waals surface area contributed by atoms with Crippen molar-refractivity contribution in [3.05, 3.63) is 28.7 Å². The molecule has 0 bridgehead atoms. The summed E-state index contributed by atoms with van der Waals surface area (Å²) in [5.74, 6) is -0.434. The van der Waals surface area contributed by atoms with Crippen LogP contribution in [0.2, 0.25) is 0 Å². The highest BCUT2D eigenvalue weighted by Crippen LogP contribution is 2.22. The number of anilines is 1. The molecule has 134 valence electrons. The largest absolute Gasteiger partial charge is 0.417 e. The Morgan fingerprint density at radius 1 is 1.12 bits per heavy atom. The molecule has 2 fully saturated rings. The van der Waals surface area contributed by atoms with E-state index in [4.69, 9.17) is 4.42 Å². The molecule has 1 aliphatic carbocycles. The molecule has 0 radical (unpaired) electrons. The Balaban J connectivity index is 1.35. The Bertz CT molecular complexity index is 798. The van der Waals surface area contributed by atoms with Gasteiger partial charge in [-0.3, -0.25) is 4.98 Å². The number of nitrogens with one attached hydrogen (secondary N) is 2. The average Bonchev–Trinajstić information content (AvgIpc) is 3.02. The van der Waals surface area contributed by atoms with Crippen LogP contribution in [0.25, 0.3) is 11.1 Å². The average molecular weight is 344 g/mol. The van der Waals surface area contributed by atoms with Crippen molar-refractivity contribution in [1.82, 2.24) is 15.2 Å². The third kappa shape index (κ3) is 3.50. The van der Waals surface area contributed by atoms with Crippen LogP contribution in [0.5, 0.6) is 0 Å². The van der Waals surface area contributed by atoms with E-state index in [0.29, 0.717) is 30.2 Å². The Hall–Kier alpha value is -2.44. The fraction of sp³-hybridized carbons (Fsp3) is 0.556. The van der Waals surface area contributed by atoms with Crippen molar-refractivity contribution in [3.63, 3.8) is 0 Å². The number of carbonyl (C=O) groups is 1. The van der Waals surface area contributed by atoms with Gasteiger partial charge in [-0.05, 0) is 31.0 Å². The highest BCUT2D eigenvalue weighted by Gasteiger charge is 2.24. The zero-order chi connectivity index (χ0) is 17.2. The van der Waals surface area contributed by atoms with Crippen LogP contribution >= 0.6 is 0 Å². The molecule has 0 spiro atoms. The molecule has 4 rings (SSSR count). The number of hydrogen-bond acceptors (Lipinski definition) is 4. The molecule has 0 atom stereocenters. The van der Waals surface area contributed by atoms with E-state index in [-0.39, 0.29) is 6.03 Å². The molecule has 2 N–H and O–H groups in total. The lowest BCUT2D eigenvalue weighted by molar-refractivity contribution is 0.186. The standard InChI is InChI=1S/C18H24N4O3/c23-17(19-13-4-2-1-3-5-13)22-10-8-21(9-11-22)14-6-7-16-15(12-14)20-18(24)25-16/h6-7,12-13H,1-5,8-11H2,(H,19,23)(H,20,24). The number of benzene rings is 1. The molecule has 2 aliphatic rings. The van der Waals surface area contributed by atoms with Gasteiger partial charge < -0.3 is 19.5 Å². The second kappa shape index (κ2) is 6.82. The Kier molecular flexibility index (Phi) is 4.38. The first-order valence-corrected chi connectivity index (χ1v) is 9.12. The van der Waals surface area contributed by atoms with Crippen LogP contribution in [0.3, 0.4) is 0 Å². The first kappa shape index (κ1) is 16.1. The lowest BCUT2D eigenvalue weighted by atomic mass is 9.96. The summed E-state index contributed by atoms with van der Waals surface area (Å²) in [4.78, 5) is 30.5. The number of piperazine rings is 1. The van der Waals surface area contributed by atoms with Gasteiger partial charge in [0, 0.05) is 37.9 Å². The molecule has 1 aromatic carbocycles. The van der Waals surface area contributed by atoms with E-state index in [9.17, 15) is 9.59 Å². The van der Waals surface area contributed by atoms with E-state index >= 15 is 0 Å². The van der Waals surface area contributed by atoms with E-state index in [0.717, 1.165) is 31.6 Å². The van der Waals surface area contributed by atoms with Crippen LogP contribution in [0.4, 0.5) is 10.5 Å². The van der Waals surface area contributed by atoms with Crippen molar-refractivity contribution in [2.45, 2.75) is 38.1 Å². The Morgan fingerprint density at radius 2 is 1.88 bits per heavy atom. The number of aromatic amines is 1. The summed E-state index contributed by atoms with van der Waals surface area (Å²) in [7, 11) is 0. The maximum atomic E-state index is 12.4. The number of urea groups is 1. The summed E-state index contributed by atoms with van der Waals surface area (Å²) in [5.41, 5.74) is 2.32. The second-order valence-corrected chi connectivity index (χ2v) is 6.95. The summed E-state index contributed by atoms with van der Waals surface area (Å²) >= 11 is 0. The number of fused-ring (bicyclic) bond motifs is 1. The summed E-state index contributed by atoms with van der Waals surface area (Å²) < 4.78 is 5.04. The number of hydrogen-bond donors (Lipinski definition) is 2. The molecule has 2 amide bonds. The van der Waals surface area contributed by atoms with E-state index in [1.807, 2.05) is 23.1 Å². The lowest BCUT2D eigenvalue weighted by Gasteiger charge is -2.37. The smallest absolute Gasteiger partial charge is 0.408 e. The number of nitrogens with zero attached hydrogens (tertiary/aromatic N) is 2. The normalized spacial score (nSPS) is 19.4. The lowest BCUT2D eigenvalue weighted by Crippen LogP contribution is -2.53. The van der Waals surface area contributed by atoms with Crippen molar-refractivity contribution >= 4 is 22.8 Å². The zero-order valence-electron chi connectivity index (χ0n) is 14.3. The van der Waals surface area contributed by atoms with Crippen molar-refractivity contribution in [2.24, 2.45) is 0 Å².